The molecular formula is C18H23FO3. The van der Waals surface area contributed by atoms with E-state index in [-0.39, 0.29) is 0 Å². The van der Waals surface area contributed by atoms with Crippen molar-refractivity contribution in [1.29, 1.82) is 0 Å². The van der Waals surface area contributed by atoms with Gasteiger partial charge in [0.05, 0.1) is 12.0 Å². The topological polar surface area (TPSA) is 46.5 Å². The minimum Gasteiger partial charge on any atom is -0.493 e. The molecule has 4 heteroatoms. The van der Waals surface area contributed by atoms with E-state index < -0.39 is 17.2 Å². The fourth-order valence-corrected chi connectivity index (χ4v) is 3.58. The number of hydrogen-bond donors (Lipinski definition) is 1. The Balaban J connectivity index is 1.84. The lowest BCUT2D eigenvalue weighted by atomic mass is 9.69. The highest BCUT2D eigenvalue weighted by molar-refractivity contribution is 5.81. The van der Waals surface area contributed by atoms with Crippen LogP contribution < -0.4 is 4.74 Å². The van der Waals surface area contributed by atoms with Gasteiger partial charge in [-0.1, -0.05) is 25.7 Å². The van der Waals surface area contributed by atoms with Gasteiger partial charge in [-0.25, -0.2) is 4.39 Å². The van der Waals surface area contributed by atoms with Crippen molar-refractivity contribution in [1.82, 2.24) is 0 Å². The maximum absolute atomic E-state index is 14.0. The molecule has 120 valence electrons. The fraction of sp³-hybridized carbons (Fsp3) is 0.611. The van der Waals surface area contributed by atoms with E-state index >= 15 is 0 Å². The van der Waals surface area contributed by atoms with Crippen molar-refractivity contribution >= 4 is 5.97 Å². The molecule has 3 nitrogen and oxygen atoms in total. The third-order valence-electron chi connectivity index (χ3n) is 5.25. The molecule has 2 aliphatic rings. The number of ether oxygens (including phenoxy) is 1. The first-order chi connectivity index (χ1) is 10.6. The summed E-state index contributed by atoms with van der Waals surface area (Å²) in [5.41, 5.74) is -0.391. The van der Waals surface area contributed by atoms with Crippen LogP contribution in [-0.4, -0.2) is 17.7 Å². The summed E-state index contributed by atoms with van der Waals surface area (Å²) in [6, 6.07) is 4.47. The van der Waals surface area contributed by atoms with Crippen molar-refractivity contribution in [2.45, 2.75) is 56.8 Å². The lowest BCUT2D eigenvalue weighted by Gasteiger charge is -2.34. The zero-order chi connectivity index (χ0) is 15.6. The van der Waals surface area contributed by atoms with Crippen molar-refractivity contribution < 1.29 is 19.0 Å². The van der Waals surface area contributed by atoms with Gasteiger partial charge in [0.25, 0.3) is 0 Å². The highest BCUT2D eigenvalue weighted by atomic mass is 19.1. The van der Waals surface area contributed by atoms with Crippen LogP contribution in [-0.2, 0) is 10.2 Å². The average molecular weight is 306 g/mol. The predicted molar refractivity (Wildman–Crippen MR) is 81.6 cm³/mol. The number of carbonyl (C=O) groups is 1. The van der Waals surface area contributed by atoms with Gasteiger partial charge in [-0.3, -0.25) is 4.79 Å². The summed E-state index contributed by atoms with van der Waals surface area (Å²) in [6.07, 6.45) is 7.53. The molecule has 0 heterocycles. The summed E-state index contributed by atoms with van der Waals surface area (Å²) in [4.78, 5) is 11.9. The Bertz CT molecular complexity index is 545. The lowest BCUT2D eigenvalue weighted by molar-refractivity contribution is -0.145. The number of hydrogen-bond acceptors (Lipinski definition) is 2. The van der Waals surface area contributed by atoms with E-state index in [1.54, 1.807) is 6.07 Å². The zero-order valence-electron chi connectivity index (χ0n) is 12.8. The Morgan fingerprint density at radius 1 is 1.18 bits per heavy atom. The van der Waals surface area contributed by atoms with Gasteiger partial charge in [-0.2, -0.15) is 0 Å². The van der Waals surface area contributed by atoms with Crippen molar-refractivity contribution in [3.05, 3.63) is 29.6 Å². The highest BCUT2D eigenvalue weighted by Gasteiger charge is 2.41. The van der Waals surface area contributed by atoms with E-state index in [9.17, 15) is 14.3 Å². The zero-order valence-corrected chi connectivity index (χ0v) is 12.8. The fourth-order valence-electron chi connectivity index (χ4n) is 3.58. The van der Waals surface area contributed by atoms with Gasteiger partial charge in [0.15, 0.2) is 0 Å². The molecule has 2 saturated carbocycles. The van der Waals surface area contributed by atoms with E-state index in [1.807, 2.05) is 0 Å². The Morgan fingerprint density at radius 2 is 1.91 bits per heavy atom. The molecular weight excluding hydrogens is 283 g/mol. The number of aliphatic carboxylic acids is 1. The SMILES string of the molecule is O=C(O)C1(c2cc(F)cc(OCC3CCC3)c2)CCCCC1. The summed E-state index contributed by atoms with van der Waals surface area (Å²) < 4.78 is 19.7. The number of rotatable bonds is 5. The van der Waals surface area contributed by atoms with Gasteiger partial charge in [0.2, 0.25) is 0 Å². The molecule has 0 atom stereocenters. The molecule has 2 fully saturated rings. The minimum atomic E-state index is -0.949. The van der Waals surface area contributed by atoms with Gasteiger partial charge in [0.1, 0.15) is 11.6 Å². The van der Waals surface area contributed by atoms with E-state index in [2.05, 4.69) is 0 Å². The standard InChI is InChI=1S/C18H23FO3/c19-15-9-14(18(17(20)21)7-2-1-3-8-18)10-16(11-15)22-12-13-5-4-6-13/h9-11,13H,1-8,12H2,(H,20,21). The Kier molecular flexibility index (Phi) is 4.37. The quantitative estimate of drug-likeness (QED) is 0.882. The molecule has 0 spiro atoms. The van der Waals surface area contributed by atoms with Crippen LogP contribution in [0.15, 0.2) is 18.2 Å². The monoisotopic (exact) mass is 306 g/mol. The van der Waals surface area contributed by atoms with Crippen molar-refractivity contribution in [3.8, 4) is 5.75 Å². The van der Waals surface area contributed by atoms with Gasteiger partial charge in [0, 0.05) is 6.07 Å². The number of benzene rings is 1. The number of carboxylic acids is 1. The third kappa shape index (κ3) is 2.96. The summed E-state index contributed by atoms with van der Waals surface area (Å²) in [7, 11) is 0. The molecule has 3 rings (SSSR count). The van der Waals surface area contributed by atoms with Crippen LogP contribution >= 0.6 is 0 Å². The number of halogens is 1. The predicted octanol–water partition coefficient (Wildman–Crippen LogP) is 4.29. The number of carboxylic acid groups (broad SMARTS) is 1. The second kappa shape index (κ2) is 6.27. The summed E-state index contributed by atoms with van der Waals surface area (Å²) in [6.45, 7) is 0.600. The average Bonchev–Trinajstić information content (AvgIpc) is 2.45. The summed E-state index contributed by atoms with van der Waals surface area (Å²) in [5, 5.41) is 9.73. The highest BCUT2D eigenvalue weighted by Crippen LogP contribution is 2.41. The van der Waals surface area contributed by atoms with E-state index in [4.69, 9.17) is 4.74 Å². The molecule has 22 heavy (non-hydrogen) atoms. The van der Waals surface area contributed by atoms with Crippen molar-refractivity contribution in [2.24, 2.45) is 5.92 Å². The van der Waals surface area contributed by atoms with Crippen LogP contribution in [0.5, 0.6) is 5.75 Å². The van der Waals surface area contributed by atoms with E-state index in [0.717, 1.165) is 19.3 Å². The summed E-state index contributed by atoms with van der Waals surface area (Å²) >= 11 is 0. The first-order valence-electron chi connectivity index (χ1n) is 8.27. The maximum atomic E-state index is 14.0. The molecule has 0 saturated heterocycles. The first-order valence-corrected chi connectivity index (χ1v) is 8.27. The molecule has 0 aromatic heterocycles. The Morgan fingerprint density at radius 3 is 2.50 bits per heavy atom. The van der Waals surface area contributed by atoms with Crippen molar-refractivity contribution in [3.63, 3.8) is 0 Å². The van der Waals surface area contributed by atoms with Gasteiger partial charge < -0.3 is 9.84 Å². The lowest BCUT2D eigenvalue weighted by Crippen LogP contribution is -2.38. The molecule has 1 N–H and O–H groups in total. The van der Waals surface area contributed by atoms with Crippen LogP contribution in [0.25, 0.3) is 0 Å². The van der Waals surface area contributed by atoms with Gasteiger partial charge in [-0.05, 0) is 49.3 Å². The molecule has 0 amide bonds. The Hall–Kier alpha value is -1.58. The normalized spacial score (nSPS) is 21.1. The maximum Gasteiger partial charge on any atom is 0.314 e. The van der Waals surface area contributed by atoms with E-state index in [1.165, 1.54) is 31.4 Å². The van der Waals surface area contributed by atoms with Crippen LogP contribution in [0, 0.1) is 11.7 Å². The van der Waals surface area contributed by atoms with Crippen molar-refractivity contribution in [2.75, 3.05) is 6.61 Å². The van der Waals surface area contributed by atoms with Crippen LogP contribution in [0.3, 0.4) is 0 Å². The van der Waals surface area contributed by atoms with Gasteiger partial charge >= 0.3 is 5.97 Å². The summed E-state index contributed by atoms with van der Waals surface area (Å²) in [5.74, 6) is -0.224. The molecule has 2 aliphatic carbocycles. The van der Waals surface area contributed by atoms with Crippen LogP contribution in [0.1, 0.15) is 56.9 Å². The van der Waals surface area contributed by atoms with E-state index in [0.29, 0.717) is 36.7 Å². The smallest absolute Gasteiger partial charge is 0.314 e. The van der Waals surface area contributed by atoms with Crippen LogP contribution in [0.4, 0.5) is 4.39 Å². The Labute approximate surface area is 130 Å². The van der Waals surface area contributed by atoms with Crippen LogP contribution in [0.2, 0.25) is 0 Å². The molecule has 0 unspecified atom stereocenters. The second-order valence-corrected chi connectivity index (χ2v) is 6.73. The molecule has 1 aromatic carbocycles. The second-order valence-electron chi connectivity index (χ2n) is 6.73. The molecule has 0 aliphatic heterocycles. The van der Waals surface area contributed by atoms with Gasteiger partial charge in [-0.15, -0.1) is 0 Å². The first kappa shape index (κ1) is 15.3. The minimum absolute atomic E-state index is 0.410. The molecule has 0 bridgehead atoms. The molecule has 1 aromatic rings. The third-order valence-corrected chi connectivity index (χ3v) is 5.25. The largest absolute Gasteiger partial charge is 0.493 e. The molecule has 0 radical (unpaired) electrons.